The number of hydrogen-bond donors (Lipinski definition) is 1. The fraction of sp³-hybridized carbons (Fsp3) is 0.200. The van der Waals surface area contributed by atoms with Crippen LogP contribution >= 0.6 is 15.9 Å². The zero-order chi connectivity index (χ0) is 8.97. The zero-order valence-electron chi connectivity index (χ0n) is 7.10. The maximum atomic E-state index is 3.65. The highest BCUT2D eigenvalue weighted by Gasteiger charge is 1.95. The summed E-state index contributed by atoms with van der Waals surface area (Å²) in [4.78, 5) is 0. The molecule has 0 unspecified atom stereocenters. The smallest absolute Gasteiger partial charge is 0.0373 e. The molecule has 0 saturated heterocycles. The molecule has 0 aliphatic heterocycles. The average Bonchev–Trinajstić information content (AvgIpc) is 2.03. The van der Waals surface area contributed by atoms with E-state index in [2.05, 4.69) is 46.9 Å². The molecule has 0 radical (unpaired) electrons. The van der Waals surface area contributed by atoms with Crippen molar-refractivity contribution in [2.45, 2.75) is 6.92 Å². The third-order valence-corrected chi connectivity index (χ3v) is 2.12. The zero-order valence-corrected chi connectivity index (χ0v) is 8.69. The third-order valence-electron chi connectivity index (χ3n) is 1.63. The van der Waals surface area contributed by atoms with Crippen molar-refractivity contribution in [3.05, 3.63) is 40.9 Å². The van der Waals surface area contributed by atoms with Crippen molar-refractivity contribution in [1.29, 1.82) is 0 Å². The summed E-state index contributed by atoms with van der Waals surface area (Å²) in [6.45, 7) is 6.54. The lowest BCUT2D eigenvalue weighted by atomic mass is 10.2. The van der Waals surface area contributed by atoms with E-state index < -0.39 is 0 Å². The summed E-state index contributed by atoms with van der Waals surface area (Å²) in [7, 11) is 0. The Morgan fingerprint density at radius 2 is 2.33 bits per heavy atom. The molecular formula is C10H12BrN. The van der Waals surface area contributed by atoms with Gasteiger partial charge in [-0.1, -0.05) is 22.0 Å². The van der Waals surface area contributed by atoms with Crippen molar-refractivity contribution in [3.63, 3.8) is 0 Å². The van der Waals surface area contributed by atoms with Crippen LogP contribution in [0.25, 0.3) is 0 Å². The minimum absolute atomic E-state index is 0.808. The van der Waals surface area contributed by atoms with E-state index in [0.29, 0.717) is 0 Å². The second kappa shape index (κ2) is 4.31. The first-order chi connectivity index (χ1) is 5.74. The van der Waals surface area contributed by atoms with Crippen molar-refractivity contribution >= 4 is 21.6 Å². The quantitative estimate of drug-likeness (QED) is 0.779. The standard InChI is InChI=1S/C10H12BrN/c1-3-6-12-10-5-4-9(11)7-8(10)2/h3-5,7,12H,1,6H2,2H3. The largest absolute Gasteiger partial charge is 0.381 e. The first-order valence-electron chi connectivity index (χ1n) is 3.85. The summed E-state index contributed by atoms with van der Waals surface area (Å²) >= 11 is 3.42. The molecule has 1 aromatic carbocycles. The number of anilines is 1. The van der Waals surface area contributed by atoms with E-state index in [0.717, 1.165) is 16.7 Å². The SMILES string of the molecule is C=CCNc1ccc(Br)cc1C. The summed E-state index contributed by atoms with van der Waals surface area (Å²) in [6, 6.07) is 6.17. The summed E-state index contributed by atoms with van der Waals surface area (Å²) in [5.41, 5.74) is 2.41. The molecule has 0 bridgehead atoms. The van der Waals surface area contributed by atoms with Crippen LogP contribution in [0.15, 0.2) is 35.3 Å². The van der Waals surface area contributed by atoms with E-state index in [1.54, 1.807) is 0 Å². The molecule has 0 saturated carbocycles. The van der Waals surface area contributed by atoms with E-state index in [1.807, 2.05) is 12.1 Å². The van der Waals surface area contributed by atoms with Gasteiger partial charge in [-0.2, -0.15) is 0 Å². The van der Waals surface area contributed by atoms with E-state index in [4.69, 9.17) is 0 Å². The van der Waals surface area contributed by atoms with Crippen LogP contribution in [-0.2, 0) is 0 Å². The number of halogens is 1. The van der Waals surface area contributed by atoms with Crippen LogP contribution in [0.5, 0.6) is 0 Å². The highest BCUT2D eigenvalue weighted by Crippen LogP contribution is 2.19. The van der Waals surface area contributed by atoms with Gasteiger partial charge in [-0.3, -0.25) is 0 Å². The number of aryl methyl sites for hydroxylation is 1. The van der Waals surface area contributed by atoms with Gasteiger partial charge in [0.2, 0.25) is 0 Å². The maximum Gasteiger partial charge on any atom is 0.0373 e. The molecule has 1 N–H and O–H groups in total. The van der Waals surface area contributed by atoms with E-state index in [1.165, 1.54) is 5.56 Å². The van der Waals surface area contributed by atoms with Crippen LogP contribution in [0.3, 0.4) is 0 Å². The minimum atomic E-state index is 0.808. The van der Waals surface area contributed by atoms with E-state index in [9.17, 15) is 0 Å². The Morgan fingerprint density at radius 3 is 2.92 bits per heavy atom. The molecule has 0 heterocycles. The molecule has 1 aromatic rings. The number of benzene rings is 1. The first-order valence-corrected chi connectivity index (χ1v) is 4.64. The molecule has 64 valence electrons. The van der Waals surface area contributed by atoms with Gasteiger partial charge in [0.1, 0.15) is 0 Å². The highest BCUT2D eigenvalue weighted by molar-refractivity contribution is 9.10. The first kappa shape index (κ1) is 9.33. The number of hydrogen-bond acceptors (Lipinski definition) is 1. The molecule has 0 spiro atoms. The van der Waals surface area contributed by atoms with Crippen molar-refractivity contribution in [1.82, 2.24) is 0 Å². The molecule has 1 nitrogen and oxygen atoms in total. The molecular weight excluding hydrogens is 214 g/mol. The highest BCUT2D eigenvalue weighted by atomic mass is 79.9. The molecule has 0 aromatic heterocycles. The van der Waals surface area contributed by atoms with E-state index >= 15 is 0 Å². The monoisotopic (exact) mass is 225 g/mol. The predicted octanol–water partition coefficient (Wildman–Crippen LogP) is 3.36. The lowest BCUT2D eigenvalue weighted by Crippen LogP contribution is -1.99. The van der Waals surface area contributed by atoms with Crippen LogP contribution < -0.4 is 5.32 Å². The predicted molar refractivity (Wildman–Crippen MR) is 57.6 cm³/mol. The minimum Gasteiger partial charge on any atom is -0.381 e. The van der Waals surface area contributed by atoms with Crippen LogP contribution in [0.2, 0.25) is 0 Å². The molecule has 0 fully saturated rings. The van der Waals surface area contributed by atoms with Crippen molar-refractivity contribution in [3.8, 4) is 0 Å². The Bertz CT molecular complexity index is 281. The second-order valence-corrected chi connectivity index (χ2v) is 3.54. The van der Waals surface area contributed by atoms with Gasteiger partial charge >= 0.3 is 0 Å². The Kier molecular flexibility index (Phi) is 3.35. The number of nitrogens with one attached hydrogen (secondary N) is 1. The van der Waals surface area contributed by atoms with Gasteiger partial charge in [0, 0.05) is 16.7 Å². The van der Waals surface area contributed by atoms with Crippen LogP contribution in [0.4, 0.5) is 5.69 Å². The normalized spacial score (nSPS) is 9.50. The second-order valence-electron chi connectivity index (χ2n) is 2.63. The molecule has 12 heavy (non-hydrogen) atoms. The van der Waals surface area contributed by atoms with Gasteiger partial charge in [0.05, 0.1) is 0 Å². The number of rotatable bonds is 3. The Balaban J connectivity index is 2.78. The maximum absolute atomic E-state index is 3.65. The lowest BCUT2D eigenvalue weighted by molar-refractivity contribution is 1.30. The molecule has 1 rings (SSSR count). The average molecular weight is 226 g/mol. The topological polar surface area (TPSA) is 12.0 Å². The van der Waals surface area contributed by atoms with Crippen molar-refractivity contribution in [2.24, 2.45) is 0 Å². The summed E-state index contributed by atoms with van der Waals surface area (Å²) < 4.78 is 1.11. The van der Waals surface area contributed by atoms with Gasteiger partial charge in [-0.15, -0.1) is 6.58 Å². The fourth-order valence-electron chi connectivity index (χ4n) is 1.01. The molecule has 0 aliphatic carbocycles. The van der Waals surface area contributed by atoms with Crippen LogP contribution in [0.1, 0.15) is 5.56 Å². The molecule has 0 aliphatic rings. The van der Waals surface area contributed by atoms with Crippen LogP contribution in [-0.4, -0.2) is 6.54 Å². The molecule has 0 amide bonds. The van der Waals surface area contributed by atoms with Gasteiger partial charge in [0.25, 0.3) is 0 Å². The summed E-state index contributed by atoms with van der Waals surface area (Å²) in [5, 5.41) is 3.25. The van der Waals surface area contributed by atoms with Gasteiger partial charge in [-0.25, -0.2) is 0 Å². The Labute approximate surface area is 81.6 Å². The van der Waals surface area contributed by atoms with Crippen LogP contribution in [0, 0.1) is 6.92 Å². The molecule has 0 atom stereocenters. The van der Waals surface area contributed by atoms with Gasteiger partial charge < -0.3 is 5.32 Å². The van der Waals surface area contributed by atoms with Gasteiger partial charge in [-0.05, 0) is 30.7 Å². The lowest BCUT2D eigenvalue weighted by Gasteiger charge is -2.06. The fourth-order valence-corrected chi connectivity index (χ4v) is 1.48. The Morgan fingerprint density at radius 1 is 1.58 bits per heavy atom. The van der Waals surface area contributed by atoms with E-state index in [-0.39, 0.29) is 0 Å². The third kappa shape index (κ3) is 2.38. The summed E-state index contributed by atoms with van der Waals surface area (Å²) in [6.07, 6.45) is 1.85. The summed E-state index contributed by atoms with van der Waals surface area (Å²) in [5.74, 6) is 0. The van der Waals surface area contributed by atoms with Gasteiger partial charge in [0.15, 0.2) is 0 Å². The molecule has 2 heteroatoms. The van der Waals surface area contributed by atoms with Crippen molar-refractivity contribution < 1.29 is 0 Å². The Hall–Kier alpha value is -0.760. The van der Waals surface area contributed by atoms with Crippen molar-refractivity contribution in [2.75, 3.05) is 11.9 Å².